The van der Waals surface area contributed by atoms with Gasteiger partial charge < -0.3 is 4.42 Å². The van der Waals surface area contributed by atoms with E-state index in [2.05, 4.69) is 140 Å². The number of benzene rings is 7. The number of para-hydroxylation sites is 1. The molecule has 0 aliphatic carbocycles. The van der Waals surface area contributed by atoms with E-state index >= 15 is 0 Å². The molecule has 0 radical (unpaired) electrons. The van der Waals surface area contributed by atoms with Crippen LogP contribution >= 0.6 is 0 Å². The normalized spacial score (nSPS) is 12.5. The molecule has 0 N–H and O–H groups in total. The molecule has 0 spiro atoms. The highest BCUT2D eigenvalue weighted by atomic mass is 16.3. The number of hydrogen-bond acceptors (Lipinski definition) is 4. The standard InChI is InChI=1S/C45H31N3O/c1-3-13-34(28(2)33-21-12-23-41-42(33)38-20-10-11-22-40(38)49-41)44-46-43(32-25-24-29-14-4-5-15-30(29)26-32)47-45(48-44)39-27-31-16-6-7-17-35(31)36-18-8-9-19-37(36)39/h3-27H,1-2H3/b13-3-,34-28-. The molecule has 4 heteroatoms. The van der Waals surface area contributed by atoms with Gasteiger partial charge in [0, 0.05) is 27.5 Å². The predicted molar refractivity (Wildman–Crippen MR) is 204 cm³/mol. The Hall–Kier alpha value is -6.39. The first-order chi connectivity index (χ1) is 24.2. The van der Waals surface area contributed by atoms with Crippen LogP contribution in [-0.4, -0.2) is 15.0 Å². The van der Waals surface area contributed by atoms with E-state index in [1.807, 2.05) is 25.1 Å². The summed E-state index contributed by atoms with van der Waals surface area (Å²) in [6, 6.07) is 48.5. The average molecular weight is 630 g/mol. The lowest BCUT2D eigenvalue weighted by atomic mass is 9.95. The second kappa shape index (κ2) is 11.7. The Morgan fingerprint density at radius 2 is 1.22 bits per heavy atom. The van der Waals surface area contributed by atoms with E-state index in [1.165, 1.54) is 16.2 Å². The maximum Gasteiger partial charge on any atom is 0.164 e. The molecule has 9 aromatic rings. The van der Waals surface area contributed by atoms with Gasteiger partial charge in [-0.25, -0.2) is 15.0 Å². The van der Waals surface area contributed by atoms with Crippen LogP contribution in [0.25, 0.3) is 88.2 Å². The van der Waals surface area contributed by atoms with Crippen LogP contribution in [-0.2, 0) is 0 Å². The molecule has 0 aliphatic rings. The Labute approximate surface area is 283 Å². The van der Waals surface area contributed by atoms with Crippen LogP contribution < -0.4 is 0 Å². The summed E-state index contributed by atoms with van der Waals surface area (Å²) in [5.41, 5.74) is 6.70. The number of allylic oxidation sites excluding steroid dienone is 4. The highest BCUT2D eigenvalue weighted by molar-refractivity contribution is 6.14. The zero-order valence-electron chi connectivity index (χ0n) is 27.2. The maximum atomic E-state index is 6.27. The Kier molecular flexibility index (Phi) is 6.87. The van der Waals surface area contributed by atoms with Crippen LogP contribution in [0.2, 0.25) is 0 Å². The topological polar surface area (TPSA) is 51.8 Å². The van der Waals surface area contributed by atoms with Gasteiger partial charge in [-0.3, -0.25) is 0 Å². The van der Waals surface area contributed by atoms with Crippen molar-refractivity contribution in [2.45, 2.75) is 13.8 Å². The van der Waals surface area contributed by atoms with Gasteiger partial charge in [0.05, 0.1) is 0 Å². The van der Waals surface area contributed by atoms with Gasteiger partial charge in [-0.1, -0.05) is 127 Å². The Morgan fingerprint density at radius 1 is 0.551 bits per heavy atom. The summed E-state index contributed by atoms with van der Waals surface area (Å²) in [4.78, 5) is 15.7. The highest BCUT2D eigenvalue weighted by Crippen LogP contribution is 2.39. The minimum atomic E-state index is 0.616. The fourth-order valence-corrected chi connectivity index (χ4v) is 7.08. The van der Waals surface area contributed by atoms with Crippen molar-refractivity contribution in [2.75, 3.05) is 0 Å². The minimum absolute atomic E-state index is 0.616. The fourth-order valence-electron chi connectivity index (χ4n) is 7.08. The van der Waals surface area contributed by atoms with E-state index < -0.39 is 0 Å². The number of rotatable bonds is 5. The van der Waals surface area contributed by atoms with Crippen LogP contribution in [0.15, 0.2) is 156 Å². The third-order valence-corrected chi connectivity index (χ3v) is 9.44. The fraction of sp³-hybridized carbons (Fsp3) is 0.0444. The summed E-state index contributed by atoms with van der Waals surface area (Å²) in [5, 5.41) is 9.10. The van der Waals surface area contributed by atoms with Crippen molar-refractivity contribution in [3.8, 4) is 22.8 Å². The van der Waals surface area contributed by atoms with E-state index in [0.717, 1.165) is 65.9 Å². The number of aromatic nitrogens is 3. The van der Waals surface area contributed by atoms with Crippen molar-refractivity contribution < 1.29 is 4.42 Å². The highest BCUT2D eigenvalue weighted by Gasteiger charge is 2.20. The minimum Gasteiger partial charge on any atom is -0.456 e. The zero-order valence-corrected chi connectivity index (χ0v) is 27.2. The van der Waals surface area contributed by atoms with Crippen molar-refractivity contribution in [1.29, 1.82) is 0 Å². The predicted octanol–water partition coefficient (Wildman–Crippen LogP) is 12.1. The van der Waals surface area contributed by atoms with Gasteiger partial charge in [-0.05, 0) is 81.6 Å². The van der Waals surface area contributed by atoms with Gasteiger partial charge in [0.2, 0.25) is 0 Å². The second-order valence-corrected chi connectivity index (χ2v) is 12.4. The summed E-state index contributed by atoms with van der Waals surface area (Å²) >= 11 is 0. The molecule has 7 aromatic carbocycles. The second-order valence-electron chi connectivity index (χ2n) is 12.4. The van der Waals surface area contributed by atoms with Crippen LogP contribution in [0.1, 0.15) is 25.2 Å². The molecule has 9 rings (SSSR count). The Morgan fingerprint density at radius 3 is 2.06 bits per heavy atom. The molecular weight excluding hydrogens is 599 g/mol. The summed E-state index contributed by atoms with van der Waals surface area (Å²) in [6.45, 7) is 4.18. The number of fused-ring (bicyclic) bond motifs is 7. The van der Waals surface area contributed by atoms with Gasteiger partial charge in [-0.15, -0.1) is 0 Å². The summed E-state index contributed by atoms with van der Waals surface area (Å²) in [5.74, 6) is 1.88. The monoisotopic (exact) mass is 629 g/mol. The molecule has 49 heavy (non-hydrogen) atoms. The largest absolute Gasteiger partial charge is 0.456 e. The molecule has 0 saturated carbocycles. The maximum absolute atomic E-state index is 6.27. The number of furan rings is 1. The Balaban J connectivity index is 1.35. The van der Waals surface area contributed by atoms with Crippen LogP contribution in [0.5, 0.6) is 0 Å². The zero-order chi connectivity index (χ0) is 32.9. The summed E-state index contributed by atoms with van der Waals surface area (Å²) in [6.07, 6.45) is 4.16. The van der Waals surface area contributed by atoms with E-state index in [9.17, 15) is 0 Å². The molecule has 2 heterocycles. The van der Waals surface area contributed by atoms with E-state index in [4.69, 9.17) is 19.4 Å². The van der Waals surface area contributed by atoms with Crippen molar-refractivity contribution >= 4 is 65.4 Å². The van der Waals surface area contributed by atoms with E-state index in [0.29, 0.717) is 17.5 Å². The van der Waals surface area contributed by atoms with E-state index in [-0.39, 0.29) is 0 Å². The van der Waals surface area contributed by atoms with Gasteiger partial charge >= 0.3 is 0 Å². The lowest BCUT2D eigenvalue weighted by molar-refractivity contribution is 0.669. The molecule has 4 nitrogen and oxygen atoms in total. The molecule has 0 atom stereocenters. The molecule has 2 aromatic heterocycles. The van der Waals surface area contributed by atoms with Gasteiger partial charge in [0.15, 0.2) is 17.5 Å². The van der Waals surface area contributed by atoms with Crippen molar-refractivity contribution in [3.63, 3.8) is 0 Å². The molecule has 0 fully saturated rings. The van der Waals surface area contributed by atoms with Gasteiger partial charge in [-0.2, -0.15) is 0 Å². The molecule has 232 valence electrons. The lowest BCUT2D eigenvalue weighted by Gasteiger charge is -2.14. The third kappa shape index (κ3) is 4.88. The first kappa shape index (κ1) is 28.8. The Bertz CT molecular complexity index is 2800. The van der Waals surface area contributed by atoms with Crippen LogP contribution in [0, 0.1) is 0 Å². The van der Waals surface area contributed by atoms with Crippen molar-refractivity contribution in [2.24, 2.45) is 0 Å². The smallest absolute Gasteiger partial charge is 0.164 e. The number of nitrogens with zero attached hydrogens (tertiary/aromatic N) is 3. The lowest BCUT2D eigenvalue weighted by Crippen LogP contribution is -2.04. The first-order valence-corrected chi connectivity index (χ1v) is 16.6. The van der Waals surface area contributed by atoms with Crippen molar-refractivity contribution in [1.82, 2.24) is 15.0 Å². The van der Waals surface area contributed by atoms with Gasteiger partial charge in [0.1, 0.15) is 11.2 Å². The van der Waals surface area contributed by atoms with Crippen molar-refractivity contribution in [3.05, 3.63) is 163 Å². The average Bonchev–Trinajstić information content (AvgIpc) is 3.55. The van der Waals surface area contributed by atoms with Crippen LogP contribution in [0.4, 0.5) is 0 Å². The molecule has 0 aliphatic heterocycles. The summed E-state index contributed by atoms with van der Waals surface area (Å²) in [7, 11) is 0. The molecule has 0 unspecified atom stereocenters. The molecule has 0 bridgehead atoms. The molecular formula is C45H31N3O. The molecule has 0 saturated heterocycles. The number of hydrogen-bond donors (Lipinski definition) is 0. The van der Waals surface area contributed by atoms with Gasteiger partial charge in [0.25, 0.3) is 0 Å². The first-order valence-electron chi connectivity index (χ1n) is 16.6. The van der Waals surface area contributed by atoms with Crippen LogP contribution in [0.3, 0.4) is 0 Å². The SMILES string of the molecule is C/C=C\C(=C(/C)c1cccc2oc3ccccc3c12)c1nc(-c2ccc3ccccc3c2)nc(-c2cc3ccccc3c3ccccc23)n1. The quantitative estimate of drug-likeness (QED) is 0.140. The van der Waals surface area contributed by atoms with E-state index in [1.54, 1.807) is 0 Å². The summed E-state index contributed by atoms with van der Waals surface area (Å²) < 4.78 is 6.27. The molecule has 0 amide bonds. The third-order valence-electron chi connectivity index (χ3n) is 9.44.